The lowest BCUT2D eigenvalue weighted by Gasteiger charge is -2.27. The zero-order valence-electron chi connectivity index (χ0n) is 16.9. The molecule has 28 heavy (non-hydrogen) atoms. The van der Waals surface area contributed by atoms with Crippen molar-refractivity contribution in [3.63, 3.8) is 0 Å². The Morgan fingerprint density at radius 3 is 2.43 bits per heavy atom. The Hall–Kier alpha value is -2.66. The second-order valence-corrected chi connectivity index (χ2v) is 7.70. The van der Waals surface area contributed by atoms with Gasteiger partial charge in [0.05, 0.1) is 19.1 Å². The summed E-state index contributed by atoms with van der Waals surface area (Å²) in [6, 6.07) is 14.3. The Morgan fingerprint density at radius 1 is 1.00 bits per heavy atom. The second kappa shape index (κ2) is 9.02. The molecular formula is C23H29N3O2. The van der Waals surface area contributed by atoms with Gasteiger partial charge in [0.2, 0.25) is 11.8 Å². The van der Waals surface area contributed by atoms with Gasteiger partial charge >= 0.3 is 0 Å². The molecular weight excluding hydrogens is 350 g/mol. The van der Waals surface area contributed by atoms with Gasteiger partial charge in [0.1, 0.15) is 0 Å². The Labute approximate surface area is 167 Å². The van der Waals surface area contributed by atoms with E-state index in [9.17, 15) is 9.59 Å². The number of nitrogens with one attached hydrogen (secondary N) is 2. The summed E-state index contributed by atoms with van der Waals surface area (Å²) >= 11 is 0. The standard InChI is InChI=1S/C23H29N3O2/c1-16-8-6-9-17(2)23(16)25-22(28)15-26(3)14-21(27)24-20-13-7-11-18-10-4-5-12-19(18)20/h4-6,8-10,12,20H,7,11,13-15H2,1-3H3,(H,24,27)(H,25,28)/t20-/m1/s1. The Balaban J connectivity index is 1.52. The molecule has 5 nitrogen and oxygen atoms in total. The maximum absolute atomic E-state index is 12.5. The van der Waals surface area contributed by atoms with Crippen LogP contribution in [0.3, 0.4) is 0 Å². The van der Waals surface area contributed by atoms with Gasteiger partial charge in [-0.15, -0.1) is 0 Å². The fourth-order valence-corrected chi connectivity index (χ4v) is 3.88. The highest BCUT2D eigenvalue weighted by Crippen LogP contribution is 2.29. The van der Waals surface area contributed by atoms with Crippen LogP contribution in [0.1, 0.15) is 41.1 Å². The van der Waals surface area contributed by atoms with Crippen LogP contribution in [0.5, 0.6) is 0 Å². The number of likely N-dealkylation sites (N-methyl/N-ethyl adjacent to an activating group) is 1. The molecule has 0 aliphatic heterocycles. The third-order valence-electron chi connectivity index (χ3n) is 5.28. The molecule has 0 radical (unpaired) electrons. The fourth-order valence-electron chi connectivity index (χ4n) is 3.88. The molecule has 0 heterocycles. The largest absolute Gasteiger partial charge is 0.348 e. The number of aryl methyl sites for hydroxylation is 3. The number of amides is 2. The molecule has 1 aliphatic carbocycles. The lowest BCUT2D eigenvalue weighted by atomic mass is 9.88. The van der Waals surface area contributed by atoms with Gasteiger partial charge in [0.15, 0.2) is 0 Å². The number of anilines is 1. The lowest BCUT2D eigenvalue weighted by Crippen LogP contribution is -2.40. The van der Waals surface area contributed by atoms with Crippen molar-refractivity contribution < 1.29 is 9.59 Å². The average Bonchev–Trinajstić information content (AvgIpc) is 2.65. The highest BCUT2D eigenvalue weighted by Gasteiger charge is 2.22. The van der Waals surface area contributed by atoms with Gasteiger partial charge in [-0.1, -0.05) is 42.5 Å². The van der Waals surface area contributed by atoms with Crippen molar-refractivity contribution >= 4 is 17.5 Å². The summed E-state index contributed by atoms with van der Waals surface area (Å²) in [4.78, 5) is 26.6. The van der Waals surface area contributed by atoms with E-state index in [1.165, 1.54) is 11.1 Å². The van der Waals surface area contributed by atoms with Crippen molar-refractivity contribution in [1.82, 2.24) is 10.2 Å². The van der Waals surface area contributed by atoms with E-state index in [0.29, 0.717) is 0 Å². The van der Waals surface area contributed by atoms with Crippen LogP contribution in [0.2, 0.25) is 0 Å². The zero-order valence-corrected chi connectivity index (χ0v) is 16.9. The number of carbonyl (C=O) groups is 2. The van der Waals surface area contributed by atoms with E-state index in [2.05, 4.69) is 22.8 Å². The van der Waals surface area contributed by atoms with E-state index in [1.54, 1.807) is 11.9 Å². The summed E-state index contributed by atoms with van der Waals surface area (Å²) in [5, 5.41) is 6.10. The molecule has 3 rings (SSSR count). The molecule has 0 spiro atoms. The first-order valence-corrected chi connectivity index (χ1v) is 9.86. The van der Waals surface area contributed by atoms with Crippen LogP contribution in [0.4, 0.5) is 5.69 Å². The van der Waals surface area contributed by atoms with E-state index in [4.69, 9.17) is 0 Å². The molecule has 2 aromatic rings. The van der Waals surface area contributed by atoms with Gasteiger partial charge in [-0.3, -0.25) is 14.5 Å². The highest BCUT2D eigenvalue weighted by atomic mass is 16.2. The molecule has 0 saturated heterocycles. The summed E-state index contributed by atoms with van der Waals surface area (Å²) in [6.07, 6.45) is 3.11. The molecule has 0 bridgehead atoms. The summed E-state index contributed by atoms with van der Waals surface area (Å²) in [5.41, 5.74) is 5.46. The van der Waals surface area contributed by atoms with Crippen molar-refractivity contribution in [2.45, 2.75) is 39.2 Å². The van der Waals surface area contributed by atoms with Crippen molar-refractivity contribution in [1.29, 1.82) is 0 Å². The number of rotatable bonds is 6. The second-order valence-electron chi connectivity index (χ2n) is 7.70. The van der Waals surface area contributed by atoms with E-state index < -0.39 is 0 Å². The quantitative estimate of drug-likeness (QED) is 0.809. The lowest BCUT2D eigenvalue weighted by molar-refractivity contribution is -0.123. The number of nitrogens with zero attached hydrogens (tertiary/aromatic N) is 1. The SMILES string of the molecule is Cc1cccc(C)c1NC(=O)CN(C)CC(=O)N[C@@H]1CCCc2ccccc21. The average molecular weight is 380 g/mol. The molecule has 2 amide bonds. The van der Waals surface area contributed by atoms with Crippen molar-refractivity contribution in [3.8, 4) is 0 Å². The molecule has 1 aliphatic rings. The van der Waals surface area contributed by atoms with E-state index in [-0.39, 0.29) is 30.9 Å². The monoisotopic (exact) mass is 379 g/mol. The molecule has 0 unspecified atom stereocenters. The van der Waals surface area contributed by atoms with E-state index >= 15 is 0 Å². The smallest absolute Gasteiger partial charge is 0.238 e. The van der Waals surface area contributed by atoms with Crippen LogP contribution in [-0.2, 0) is 16.0 Å². The predicted molar refractivity (Wildman–Crippen MR) is 112 cm³/mol. The van der Waals surface area contributed by atoms with E-state index in [0.717, 1.165) is 36.1 Å². The number of para-hydroxylation sites is 1. The van der Waals surface area contributed by atoms with Crippen molar-refractivity contribution in [2.75, 3.05) is 25.5 Å². The minimum absolute atomic E-state index is 0.0518. The zero-order chi connectivity index (χ0) is 20.1. The van der Waals surface area contributed by atoms with Gasteiger partial charge in [0.25, 0.3) is 0 Å². The van der Waals surface area contributed by atoms with Crippen LogP contribution >= 0.6 is 0 Å². The maximum Gasteiger partial charge on any atom is 0.238 e. The number of carbonyl (C=O) groups excluding carboxylic acids is 2. The predicted octanol–water partition coefficient (Wildman–Crippen LogP) is 3.37. The van der Waals surface area contributed by atoms with Gasteiger partial charge in [0, 0.05) is 5.69 Å². The van der Waals surface area contributed by atoms with Gasteiger partial charge in [-0.2, -0.15) is 0 Å². The number of fused-ring (bicyclic) bond motifs is 1. The van der Waals surface area contributed by atoms with Crippen LogP contribution in [-0.4, -0.2) is 36.9 Å². The van der Waals surface area contributed by atoms with Crippen LogP contribution in [0.25, 0.3) is 0 Å². The number of hydrogen-bond acceptors (Lipinski definition) is 3. The van der Waals surface area contributed by atoms with Crippen LogP contribution in [0.15, 0.2) is 42.5 Å². The molecule has 1 atom stereocenters. The maximum atomic E-state index is 12.5. The Kier molecular flexibility index (Phi) is 6.47. The topological polar surface area (TPSA) is 61.4 Å². The summed E-state index contributed by atoms with van der Waals surface area (Å²) < 4.78 is 0. The normalized spacial score (nSPS) is 15.8. The molecule has 5 heteroatoms. The first kappa shape index (κ1) is 20.1. The minimum Gasteiger partial charge on any atom is -0.348 e. The van der Waals surface area contributed by atoms with E-state index in [1.807, 2.05) is 44.2 Å². The summed E-state index contributed by atoms with van der Waals surface area (Å²) in [5.74, 6) is -0.167. The first-order valence-electron chi connectivity index (χ1n) is 9.86. The van der Waals surface area contributed by atoms with Crippen molar-refractivity contribution in [2.24, 2.45) is 0 Å². The van der Waals surface area contributed by atoms with Gasteiger partial charge < -0.3 is 10.6 Å². The number of hydrogen-bond donors (Lipinski definition) is 2. The van der Waals surface area contributed by atoms with Crippen molar-refractivity contribution in [3.05, 3.63) is 64.7 Å². The van der Waals surface area contributed by atoms with Gasteiger partial charge in [-0.05, 0) is 62.4 Å². The minimum atomic E-state index is -0.115. The molecule has 2 aromatic carbocycles. The Bertz CT molecular complexity index is 842. The highest BCUT2D eigenvalue weighted by molar-refractivity contribution is 5.94. The fraction of sp³-hybridized carbons (Fsp3) is 0.391. The summed E-state index contributed by atoms with van der Waals surface area (Å²) in [6.45, 7) is 4.31. The number of benzene rings is 2. The van der Waals surface area contributed by atoms with Crippen LogP contribution in [0, 0.1) is 13.8 Å². The molecule has 0 saturated carbocycles. The first-order chi connectivity index (χ1) is 13.4. The van der Waals surface area contributed by atoms with Crippen LogP contribution < -0.4 is 10.6 Å². The molecule has 0 aromatic heterocycles. The molecule has 148 valence electrons. The molecule has 0 fully saturated rings. The third kappa shape index (κ3) is 4.98. The summed E-state index contributed by atoms with van der Waals surface area (Å²) in [7, 11) is 1.79. The van der Waals surface area contributed by atoms with Gasteiger partial charge in [-0.25, -0.2) is 0 Å². The molecule has 2 N–H and O–H groups in total. The Morgan fingerprint density at radius 2 is 1.68 bits per heavy atom. The third-order valence-corrected chi connectivity index (χ3v) is 5.28.